The molecule has 0 aliphatic carbocycles. The number of ketones is 1. The van der Waals surface area contributed by atoms with Gasteiger partial charge in [0.25, 0.3) is 0 Å². The summed E-state index contributed by atoms with van der Waals surface area (Å²) in [4.78, 5) is 12.3. The normalized spacial score (nSPS) is 10.3. The Hall–Kier alpha value is -1.51. The lowest BCUT2D eigenvalue weighted by Crippen LogP contribution is -2.05. The summed E-state index contributed by atoms with van der Waals surface area (Å²) in [6.45, 7) is 0. The smallest absolute Gasteiger partial charge is 0.170 e. The fourth-order valence-corrected chi connectivity index (χ4v) is 2.20. The van der Waals surface area contributed by atoms with E-state index in [0.717, 1.165) is 5.56 Å². The zero-order chi connectivity index (χ0) is 13.8. The second-order valence-corrected chi connectivity index (χ2v) is 4.95. The van der Waals surface area contributed by atoms with Gasteiger partial charge in [0.1, 0.15) is 5.75 Å². The summed E-state index contributed by atoms with van der Waals surface area (Å²) in [6.07, 6.45) is 0.276. The molecule has 0 aliphatic rings. The average molecular weight is 295 g/mol. The Balaban J connectivity index is 2.25. The van der Waals surface area contributed by atoms with Gasteiger partial charge in [-0.25, -0.2) is 0 Å². The molecule has 0 fully saturated rings. The number of benzene rings is 2. The van der Waals surface area contributed by atoms with Crippen LogP contribution in [0.2, 0.25) is 10.0 Å². The molecule has 0 aromatic heterocycles. The standard InChI is InChI=1S/C15H12Cl2O2/c1-19-15-9-12(17)5-6-13(15)14(18)8-10-3-2-4-11(16)7-10/h2-7,9H,8H2,1H3. The Morgan fingerprint density at radius 1 is 1.11 bits per heavy atom. The molecule has 2 aromatic rings. The maximum absolute atomic E-state index is 12.3. The molecular weight excluding hydrogens is 283 g/mol. The maximum Gasteiger partial charge on any atom is 0.170 e. The van der Waals surface area contributed by atoms with Crippen LogP contribution in [0.3, 0.4) is 0 Å². The molecule has 0 N–H and O–H groups in total. The van der Waals surface area contributed by atoms with Crippen molar-refractivity contribution in [3.8, 4) is 5.75 Å². The van der Waals surface area contributed by atoms with Gasteiger partial charge in [-0.3, -0.25) is 4.79 Å². The first-order valence-electron chi connectivity index (χ1n) is 5.71. The molecule has 0 saturated heterocycles. The first-order chi connectivity index (χ1) is 9.10. The molecule has 0 atom stereocenters. The quantitative estimate of drug-likeness (QED) is 0.780. The highest BCUT2D eigenvalue weighted by atomic mass is 35.5. The van der Waals surface area contributed by atoms with Crippen molar-refractivity contribution in [2.45, 2.75) is 6.42 Å². The summed E-state index contributed by atoms with van der Waals surface area (Å²) in [5, 5.41) is 1.16. The summed E-state index contributed by atoms with van der Waals surface area (Å²) in [6, 6.07) is 12.2. The largest absolute Gasteiger partial charge is 0.496 e. The second-order valence-electron chi connectivity index (χ2n) is 4.07. The van der Waals surface area contributed by atoms with E-state index in [1.54, 1.807) is 30.3 Å². The third-order valence-corrected chi connectivity index (χ3v) is 3.19. The number of methoxy groups -OCH3 is 1. The highest BCUT2D eigenvalue weighted by Crippen LogP contribution is 2.24. The SMILES string of the molecule is COc1cc(Cl)ccc1C(=O)Cc1cccc(Cl)c1. The van der Waals surface area contributed by atoms with E-state index in [4.69, 9.17) is 27.9 Å². The Bertz CT molecular complexity index is 609. The van der Waals surface area contributed by atoms with E-state index in [1.165, 1.54) is 7.11 Å². The van der Waals surface area contributed by atoms with Gasteiger partial charge >= 0.3 is 0 Å². The predicted octanol–water partition coefficient (Wildman–Crippen LogP) is 4.43. The van der Waals surface area contributed by atoms with Crippen LogP contribution < -0.4 is 4.74 Å². The van der Waals surface area contributed by atoms with E-state index in [-0.39, 0.29) is 12.2 Å². The molecule has 4 heteroatoms. The number of ether oxygens (including phenoxy) is 1. The van der Waals surface area contributed by atoms with E-state index >= 15 is 0 Å². The van der Waals surface area contributed by atoms with Gasteiger partial charge in [-0.2, -0.15) is 0 Å². The minimum absolute atomic E-state index is 0.0317. The number of carbonyl (C=O) groups is 1. The number of rotatable bonds is 4. The zero-order valence-corrected chi connectivity index (χ0v) is 11.8. The van der Waals surface area contributed by atoms with Crippen LogP contribution >= 0.6 is 23.2 Å². The van der Waals surface area contributed by atoms with Gasteiger partial charge < -0.3 is 4.74 Å². The number of halogens is 2. The van der Waals surface area contributed by atoms with Crippen molar-refractivity contribution in [2.75, 3.05) is 7.11 Å². The van der Waals surface area contributed by atoms with E-state index in [2.05, 4.69) is 0 Å². The molecule has 0 heterocycles. The van der Waals surface area contributed by atoms with Crippen molar-refractivity contribution in [1.82, 2.24) is 0 Å². The molecule has 98 valence electrons. The van der Waals surface area contributed by atoms with Gasteiger partial charge in [-0.15, -0.1) is 0 Å². The van der Waals surface area contributed by atoms with Crippen LogP contribution in [0.1, 0.15) is 15.9 Å². The lowest BCUT2D eigenvalue weighted by atomic mass is 10.0. The maximum atomic E-state index is 12.3. The van der Waals surface area contributed by atoms with Crippen LogP contribution in [0.4, 0.5) is 0 Å². The Morgan fingerprint density at radius 3 is 2.53 bits per heavy atom. The molecule has 2 rings (SSSR count). The number of carbonyl (C=O) groups excluding carboxylic acids is 1. The minimum Gasteiger partial charge on any atom is -0.496 e. The van der Waals surface area contributed by atoms with Crippen LogP contribution in [-0.4, -0.2) is 12.9 Å². The summed E-state index contributed by atoms with van der Waals surface area (Å²) >= 11 is 11.8. The van der Waals surface area contributed by atoms with Crippen molar-refractivity contribution in [1.29, 1.82) is 0 Å². The summed E-state index contributed by atoms with van der Waals surface area (Å²) in [5.41, 5.74) is 1.39. The van der Waals surface area contributed by atoms with Gasteiger partial charge in [-0.1, -0.05) is 35.3 Å². The number of hydrogen-bond acceptors (Lipinski definition) is 2. The monoisotopic (exact) mass is 294 g/mol. The molecule has 2 nitrogen and oxygen atoms in total. The number of Topliss-reactive ketones (excluding diaryl/α,β-unsaturated/α-hetero) is 1. The fraction of sp³-hybridized carbons (Fsp3) is 0.133. The molecule has 0 bridgehead atoms. The first-order valence-corrected chi connectivity index (χ1v) is 6.47. The van der Waals surface area contributed by atoms with Gasteiger partial charge in [-0.05, 0) is 35.9 Å². The van der Waals surface area contributed by atoms with Crippen molar-refractivity contribution in [2.24, 2.45) is 0 Å². The van der Waals surface area contributed by atoms with Crippen molar-refractivity contribution < 1.29 is 9.53 Å². The average Bonchev–Trinajstić information content (AvgIpc) is 2.38. The fourth-order valence-electron chi connectivity index (χ4n) is 1.82. The van der Waals surface area contributed by atoms with Crippen molar-refractivity contribution >= 4 is 29.0 Å². The Labute approximate surface area is 121 Å². The summed E-state index contributed by atoms with van der Waals surface area (Å²) in [5.74, 6) is 0.454. The summed E-state index contributed by atoms with van der Waals surface area (Å²) in [7, 11) is 1.52. The first kappa shape index (κ1) is 13.9. The van der Waals surface area contributed by atoms with Crippen LogP contribution in [0.25, 0.3) is 0 Å². The van der Waals surface area contributed by atoms with Crippen LogP contribution in [0.5, 0.6) is 5.75 Å². The van der Waals surface area contributed by atoms with Gasteiger partial charge in [0.05, 0.1) is 12.7 Å². The molecule has 19 heavy (non-hydrogen) atoms. The zero-order valence-electron chi connectivity index (χ0n) is 10.3. The lowest BCUT2D eigenvalue weighted by molar-refractivity contribution is 0.0990. The van der Waals surface area contributed by atoms with E-state index in [1.807, 2.05) is 12.1 Å². The van der Waals surface area contributed by atoms with Gasteiger partial charge in [0, 0.05) is 16.5 Å². The topological polar surface area (TPSA) is 26.3 Å². The molecule has 0 unspecified atom stereocenters. The van der Waals surface area contributed by atoms with Crippen LogP contribution in [-0.2, 0) is 6.42 Å². The molecule has 2 aromatic carbocycles. The Morgan fingerprint density at radius 2 is 1.84 bits per heavy atom. The van der Waals surface area contributed by atoms with Crippen LogP contribution in [0, 0.1) is 0 Å². The summed E-state index contributed by atoms with van der Waals surface area (Å²) < 4.78 is 5.18. The van der Waals surface area contributed by atoms with Crippen molar-refractivity contribution in [3.05, 3.63) is 63.6 Å². The lowest BCUT2D eigenvalue weighted by Gasteiger charge is -2.08. The van der Waals surface area contributed by atoms with Gasteiger partial charge in [0.15, 0.2) is 5.78 Å². The molecule has 0 amide bonds. The molecule has 0 spiro atoms. The van der Waals surface area contributed by atoms with Crippen LogP contribution in [0.15, 0.2) is 42.5 Å². The Kier molecular flexibility index (Phi) is 4.46. The van der Waals surface area contributed by atoms with Gasteiger partial charge in [0.2, 0.25) is 0 Å². The molecule has 0 radical (unpaired) electrons. The van der Waals surface area contributed by atoms with E-state index < -0.39 is 0 Å². The molecular formula is C15H12Cl2O2. The van der Waals surface area contributed by atoms with Crippen molar-refractivity contribution in [3.63, 3.8) is 0 Å². The molecule has 0 saturated carbocycles. The number of hydrogen-bond donors (Lipinski definition) is 0. The highest BCUT2D eigenvalue weighted by Gasteiger charge is 2.13. The van der Waals surface area contributed by atoms with E-state index in [0.29, 0.717) is 21.4 Å². The molecule has 0 aliphatic heterocycles. The predicted molar refractivity (Wildman–Crippen MR) is 77.5 cm³/mol. The van der Waals surface area contributed by atoms with E-state index in [9.17, 15) is 4.79 Å². The minimum atomic E-state index is -0.0317. The second kappa shape index (κ2) is 6.09. The highest BCUT2D eigenvalue weighted by molar-refractivity contribution is 6.31. The third kappa shape index (κ3) is 3.49. The third-order valence-electron chi connectivity index (χ3n) is 2.72.